The maximum atomic E-state index is 13.4. The minimum absolute atomic E-state index is 0.0202. The molecule has 3 rings (SSSR count). The first kappa shape index (κ1) is 24.8. The number of ether oxygens (including phenoxy) is 1. The normalized spacial score (nSPS) is 18.0. The van der Waals surface area contributed by atoms with Gasteiger partial charge in [0.25, 0.3) is 0 Å². The molecule has 2 amide bonds. The van der Waals surface area contributed by atoms with Crippen molar-refractivity contribution in [1.29, 1.82) is 0 Å². The predicted octanol–water partition coefficient (Wildman–Crippen LogP) is 1.56. The number of hydrogen-bond acceptors (Lipinski definition) is 5. The first-order chi connectivity index (χ1) is 16.0. The second-order valence-corrected chi connectivity index (χ2v) is 8.30. The number of benzene rings is 2. The van der Waals surface area contributed by atoms with Gasteiger partial charge in [-0.25, -0.2) is 4.39 Å². The quantitative estimate of drug-likeness (QED) is 0.536. The van der Waals surface area contributed by atoms with Crippen molar-refractivity contribution in [3.8, 4) is 0 Å². The lowest BCUT2D eigenvalue weighted by molar-refractivity contribution is -0.141. The van der Waals surface area contributed by atoms with Crippen LogP contribution in [0.2, 0.25) is 0 Å². The minimum atomic E-state index is -0.573. The summed E-state index contributed by atoms with van der Waals surface area (Å²) >= 11 is 0. The largest absolute Gasteiger partial charge is 0.375 e. The van der Waals surface area contributed by atoms with E-state index in [0.717, 1.165) is 18.5 Å². The Bertz CT molecular complexity index is 894. The van der Waals surface area contributed by atoms with Crippen LogP contribution in [0.15, 0.2) is 54.6 Å². The molecule has 0 radical (unpaired) electrons. The number of nitrogens with two attached hydrogens (primary N) is 1. The van der Waals surface area contributed by atoms with Gasteiger partial charge in [0, 0.05) is 45.9 Å². The summed E-state index contributed by atoms with van der Waals surface area (Å²) in [5, 5.41) is 2.82. The first-order valence-electron chi connectivity index (χ1n) is 11.3. The van der Waals surface area contributed by atoms with E-state index in [2.05, 4.69) is 22.3 Å². The molecule has 2 aromatic carbocycles. The van der Waals surface area contributed by atoms with Gasteiger partial charge < -0.3 is 20.7 Å². The van der Waals surface area contributed by atoms with Crippen molar-refractivity contribution in [3.63, 3.8) is 0 Å². The van der Waals surface area contributed by atoms with Gasteiger partial charge >= 0.3 is 0 Å². The number of rotatable bonds is 11. The van der Waals surface area contributed by atoms with Crippen LogP contribution in [-0.2, 0) is 27.3 Å². The number of nitrogens with zero attached hydrogens (tertiary/aromatic N) is 2. The van der Waals surface area contributed by atoms with E-state index in [-0.39, 0.29) is 30.3 Å². The molecule has 7 nitrogen and oxygen atoms in total. The Morgan fingerprint density at radius 3 is 2.55 bits per heavy atom. The molecule has 8 heteroatoms. The summed E-state index contributed by atoms with van der Waals surface area (Å²) in [7, 11) is 1.47. The number of carbonyl (C=O) groups excluding carboxylic acids is 2. The number of hydrogen-bond donors (Lipinski definition) is 2. The second kappa shape index (κ2) is 12.4. The lowest BCUT2D eigenvalue weighted by Crippen LogP contribution is -2.48. The number of halogens is 1. The van der Waals surface area contributed by atoms with Crippen molar-refractivity contribution in [2.45, 2.75) is 31.5 Å². The van der Waals surface area contributed by atoms with Gasteiger partial charge in [-0.15, -0.1) is 0 Å². The Hall–Kier alpha value is -2.81. The summed E-state index contributed by atoms with van der Waals surface area (Å²) in [6.45, 7) is 2.40. The van der Waals surface area contributed by atoms with Crippen LogP contribution in [0.1, 0.15) is 17.5 Å². The number of likely N-dealkylation sites (tertiary alicyclic amines) is 1. The smallest absolute Gasteiger partial charge is 0.249 e. The molecule has 1 heterocycles. The van der Waals surface area contributed by atoms with Crippen molar-refractivity contribution in [1.82, 2.24) is 15.1 Å². The molecule has 0 aliphatic carbocycles. The number of amides is 2. The highest BCUT2D eigenvalue weighted by molar-refractivity contribution is 5.88. The zero-order valence-electron chi connectivity index (χ0n) is 19.1. The third-order valence-corrected chi connectivity index (χ3v) is 5.96. The van der Waals surface area contributed by atoms with Crippen LogP contribution >= 0.6 is 0 Å². The Labute approximate surface area is 194 Å². The van der Waals surface area contributed by atoms with Gasteiger partial charge in [0.1, 0.15) is 18.5 Å². The molecule has 1 fully saturated rings. The molecule has 0 saturated carbocycles. The van der Waals surface area contributed by atoms with Gasteiger partial charge in [-0.05, 0) is 36.1 Å². The standard InChI is InChI=1S/C25H33FN4O3/c1-33-18-24(31)30-17-22(15-23(30)25(32)28-13-12-27)29(14-11-19-5-3-2-4-6-19)16-20-7-9-21(26)10-8-20/h2-10,22-23H,11-18,27H2,1H3,(H,28,32). The lowest BCUT2D eigenvalue weighted by Gasteiger charge is -2.29. The first-order valence-corrected chi connectivity index (χ1v) is 11.3. The van der Waals surface area contributed by atoms with Gasteiger partial charge in [-0.2, -0.15) is 0 Å². The Kier molecular flexibility index (Phi) is 9.35. The van der Waals surface area contributed by atoms with E-state index in [0.29, 0.717) is 32.6 Å². The minimum Gasteiger partial charge on any atom is -0.375 e. The summed E-state index contributed by atoms with van der Waals surface area (Å²) in [5.74, 6) is -0.682. The fraction of sp³-hybridized carbons (Fsp3) is 0.440. The van der Waals surface area contributed by atoms with E-state index >= 15 is 0 Å². The van der Waals surface area contributed by atoms with Gasteiger partial charge in [-0.1, -0.05) is 42.5 Å². The molecule has 178 valence electrons. The molecule has 33 heavy (non-hydrogen) atoms. The maximum Gasteiger partial charge on any atom is 0.249 e. The molecule has 1 aliphatic heterocycles. The third-order valence-electron chi connectivity index (χ3n) is 5.96. The van der Waals surface area contributed by atoms with Crippen LogP contribution in [0.25, 0.3) is 0 Å². The Morgan fingerprint density at radius 2 is 1.88 bits per heavy atom. The molecule has 3 N–H and O–H groups in total. The van der Waals surface area contributed by atoms with Crippen LogP contribution in [0.3, 0.4) is 0 Å². The molecular weight excluding hydrogens is 423 g/mol. The van der Waals surface area contributed by atoms with E-state index in [1.807, 2.05) is 18.2 Å². The van der Waals surface area contributed by atoms with E-state index in [1.54, 1.807) is 17.0 Å². The van der Waals surface area contributed by atoms with Crippen molar-refractivity contribution >= 4 is 11.8 Å². The van der Waals surface area contributed by atoms with Crippen LogP contribution in [-0.4, -0.2) is 73.6 Å². The lowest BCUT2D eigenvalue weighted by atomic mass is 10.1. The highest BCUT2D eigenvalue weighted by atomic mass is 19.1. The fourth-order valence-electron chi connectivity index (χ4n) is 4.25. The number of methoxy groups -OCH3 is 1. The van der Waals surface area contributed by atoms with Crippen molar-refractivity contribution in [2.24, 2.45) is 5.73 Å². The van der Waals surface area contributed by atoms with Crippen molar-refractivity contribution < 1.29 is 18.7 Å². The van der Waals surface area contributed by atoms with Gasteiger partial charge in [0.2, 0.25) is 11.8 Å². The Balaban J connectivity index is 1.79. The fourth-order valence-corrected chi connectivity index (χ4v) is 4.25. The Morgan fingerprint density at radius 1 is 1.15 bits per heavy atom. The van der Waals surface area contributed by atoms with E-state index in [1.165, 1.54) is 24.8 Å². The van der Waals surface area contributed by atoms with Crippen LogP contribution in [0, 0.1) is 5.82 Å². The molecule has 2 aromatic rings. The van der Waals surface area contributed by atoms with Crippen LogP contribution in [0.4, 0.5) is 4.39 Å². The zero-order chi connectivity index (χ0) is 23.6. The van der Waals surface area contributed by atoms with Crippen LogP contribution in [0.5, 0.6) is 0 Å². The second-order valence-electron chi connectivity index (χ2n) is 8.30. The van der Waals surface area contributed by atoms with Crippen LogP contribution < -0.4 is 11.1 Å². The summed E-state index contributed by atoms with van der Waals surface area (Å²) in [6, 6.07) is 16.1. The summed E-state index contributed by atoms with van der Waals surface area (Å²) in [5.41, 5.74) is 7.73. The molecule has 2 unspecified atom stereocenters. The SMILES string of the molecule is COCC(=O)N1CC(N(CCc2ccccc2)Cc2ccc(F)cc2)CC1C(=O)NCCN. The predicted molar refractivity (Wildman–Crippen MR) is 125 cm³/mol. The monoisotopic (exact) mass is 456 g/mol. The van der Waals surface area contributed by atoms with Gasteiger partial charge in [-0.3, -0.25) is 14.5 Å². The van der Waals surface area contributed by atoms with E-state index in [9.17, 15) is 14.0 Å². The van der Waals surface area contributed by atoms with E-state index < -0.39 is 6.04 Å². The molecule has 1 aliphatic rings. The number of carbonyl (C=O) groups is 2. The average molecular weight is 457 g/mol. The molecule has 0 bridgehead atoms. The zero-order valence-corrected chi connectivity index (χ0v) is 19.1. The van der Waals surface area contributed by atoms with Gasteiger partial charge in [0.05, 0.1) is 0 Å². The third kappa shape index (κ3) is 7.08. The summed E-state index contributed by atoms with van der Waals surface area (Å²) < 4.78 is 18.5. The molecule has 0 spiro atoms. The van der Waals surface area contributed by atoms with Gasteiger partial charge in [0.15, 0.2) is 0 Å². The molecule has 1 saturated heterocycles. The molecule has 0 aromatic heterocycles. The maximum absolute atomic E-state index is 13.4. The topological polar surface area (TPSA) is 87.9 Å². The summed E-state index contributed by atoms with van der Waals surface area (Å²) in [6.07, 6.45) is 1.34. The molecular formula is C25H33FN4O3. The highest BCUT2D eigenvalue weighted by Crippen LogP contribution is 2.25. The van der Waals surface area contributed by atoms with E-state index in [4.69, 9.17) is 10.5 Å². The molecule has 2 atom stereocenters. The van der Waals surface area contributed by atoms with Crippen molar-refractivity contribution in [2.75, 3.05) is 39.9 Å². The highest BCUT2D eigenvalue weighted by Gasteiger charge is 2.41. The number of nitrogens with one attached hydrogen (secondary N) is 1. The average Bonchev–Trinajstić information content (AvgIpc) is 3.28. The van der Waals surface area contributed by atoms with Crippen molar-refractivity contribution in [3.05, 3.63) is 71.5 Å². The summed E-state index contributed by atoms with van der Waals surface area (Å²) in [4.78, 5) is 29.4.